The van der Waals surface area contributed by atoms with Crippen LogP contribution >= 0.6 is 0 Å². The molecule has 1 saturated carbocycles. The standard InChI is InChI=1S/C17H18N2O/c18-10-13-6-3-7-15-17(13)14(11-19-15)16(20)9-8-12-4-1-2-5-12/h3,6-7,11-12,19H,1-2,4-5,8-9H2. The summed E-state index contributed by atoms with van der Waals surface area (Å²) >= 11 is 0. The van der Waals surface area contributed by atoms with Crippen molar-refractivity contribution in [2.75, 3.05) is 0 Å². The molecule has 3 heteroatoms. The molecule has 1 aromatic carbocycles. The van der Waals surface area contributed by atoms with Crippen LogP contribution in [0.1, 0.15) is 54.4 Å². The molecule has 0 radical (unpaired) electrons. The van der Waals surface area contributed by atoms with Gasteiger partial charge in [0.05, 0.1) is 11.6 Å². The number of nitrogens with zero attached hydrogens (tertiary/aromatic N) is 1. The second-order valence-electron chi connectivity index (χ2n) is 5.65. The van der Waals surface area contributed by atoms with Crippen molar-refractivity contribution in [1.82, 2.24) is 4.98 Å². The molecule has 20 heavy (non-hydrogen) atoms. The van der Waals surface area contributed by atoms with E-state index in [1.165, 1.54) is 25.7 Å². The van der Waals surface area contributed by atoms with Gasteiger partial charge in [0.1, 0.15) is 0 Å². The number of benzene rings is 1. The van der Waals surface area contributed by atoms with E-state index in [1.54, 1.807) is 12.3 Å². The summed E-state index contributed by atoms with van der Waals surface area (Å²) in [5, 5.41) is 9.97. The van der Waals surface area contributed by atoms with Gasteiger partial charge in [-0.25, -0.2) is 0 Å². The number of nitrogens with one attached hydrogen (secondary N) is 1. The Labute approximate surface area is 118 Å². The van der Waals surface area contributed by atoms with E-state index in [4.69, 9.17) is 0 Å². The number of aromatic nitrogens is 1. The molecule has 1 heterocycles. The average Bonchev–Trinajstić information content (AvgIpc) is 3.13. The van der Waals surface area contributed by atoms with Gasteiger partial charge >= 0.3 is 0 Å². The van der Waals surface area contributed by atoms with Gasteiger partial charge in [-0.2, -0.15) is 5.26 Å². The molecule has 0 saturated heterocycles. The number of nitriles is 1. The van der Waals surface area contributed by atoms with Gasteiger partial charge < -0.3 is 4.98 Å². The van der Waals surface area contributed by atoms with Crippen molar-refractivity contribution in [3.05, 3.63) is 35.5 Å². The quantitative estimate of drug-likeness (QED) is 0.843. The second kappa shape index (κ2) is 5.50. The Kier molecular flexibility index (Phi) is 3.56. The fraction of sp³-hybridized carbons (Fsp3) is 0.412. The summed E-state index contributed by atoms with van der Waals surface area (Å²) in [6.07, 6.45) is 8.49. The Morgan fingerprint density at radius 1 is 1.35 bits per heavy atom. The molecule has 0 bridgehead atoms. The molecule has 0 aliphatic heterocycles. The van der Waals surface area contributed by atoms with Gasteiger partial charge in [-0.15, -0.1) is 0 Å². The number of fused-ring (bicyclic) bond motifs is 1. The number of carbonyl (C=O) groups is 1. The smallest absolute Gasteiger partial charge is 0.165 e. The lowest BCUT2D eigenvalue weighted by Gasteiger charge is -2.07. The highest BCUT2D eigenvalue weighted by molar-refractivity contribution is 6.09. The first-order valence-corrected chi connectivity index (χ1v) is 7.33. The van der Waals surface area contributed by atoms with Gasteiger partial charge in [0.25, 0.3) is 0 Å². The van der Waals surface area contributed by atoms with Crippen molar-refractivity contribution < 1.29 is 4.79 Å². The summed E-state index contributed by atoms with van der Waals surface area (Å²) in [6, 6.07) is 7.69. The number of hydrogen-bond donors (Lipinski definition) is 1. The highest BCUT2D eigenvalue weighted by Gasteiger charge is 2.19. The molecule has 0 spiro atoms. The van der Waals surface area contributed by atoms with Crippen LogP contribution in [0.4, 0.5) is 0 Å². The van der Waals surface area contributed by atoms with E-state index in [9.17, 15) is 10.1 Å². The van der Waals surface area contributed by atoms with Crippen LogP contribution in [0.5, 0.6) is 0 Å². The molecular weight excluding hydrogens is 248 g/mol. The van der Waals surface area contributed by atoms with Gasteiger partial charge in [0, 0.05) is 29.1 Å². The minimum Gasteiger partial charge on any atom is -0.360 e. The summed E-state index contributed by atoms with van der Waals surface area (Å²) in [5.74, 6) is 0.880. The number of ketones is 1. The molecule has 1 aliphatic rings. The zero-order valence-electron chi connectivity index (χ0n) is 11.5. The summed E-state index contributed by atoms with van der Waals surface area (Å²) in [5.41, 5.74) is 2.12. The molecule has 102 valence electrons. The van der Waals surface area contributed by atoms with Crippen molar-refractivity contribution in [3.63, 3.8) is 0 Å². The molecule has 3 nitrogen and oxygen atoms in total. The Morgan fingerprint density at radius 2 is 2.15 bits per heavy atom. The van der Waals surface area contributed by atoms with Crippen molar-refractivity contribution in [2.45, 2.75) is 38.5 Å². The zero-order valence-corrected chi connectivity index (χ0v) is 11.5. The van der Waals surface area contributed by atoms with E-state index in [0.29, 0.717) is 17.5 Å². The van der Waals surface area contributed by atoms with E-state index >= 15 is 0 Å². The van der Waals surface area contributed by atoms with Crippen LogP contribution < -0.4 is 0 Å². The summed E-state index contributed by atoms with van der Waals surface area (Å²) in [6.45, 7) is 0. The van der Waals surface area contributed by atoms with Crippen LogP contribution in [0.3, 0.4) is 0 Å². The third kappa shape index (κ3) is 2.34. The fourth-order valence-corrected chi connectivity index (χ4v) is 3.27. The Bertz CT molecular complexity index is 672. The van der Waals surface area contributed by atoms with Crippen molar-refractivity contribution in [1.29, 1.82) is 5.26 Å². The van der Waals surface area contributed by atoms with Gasteiger partial charge in [-0.05, 0) is 24.5 Å². The number of aromatic amines is 1. The molecule has 1 aromatic heterocycles. The summed E-state index contributed by atoms with van der Waals surface area (Å²) in [4.78, 5) is 15.5. The van der Waals surface area contributed by atoms with Gasteiger partial charge in [0.2, 0.25) is 0 Å². The maximum atomic E-state index is 12.4. The zero-order chi connectivity index (χ0) is 13.9. The topological polar surface area (TPSA) is 56.6 Å². The summed E-state index contributed by atoms with van der Waals surface area (Å²) in [7, 11) is 0. The third-order valence-electron chi connectivity index (χ3n) is 4.38. The van der Waals surface area contributed by atoms with Crippen LogP contribution in [-0.4, -0.2) is 10.8 Å². The van der Waals surface area contributed by atoms with Crippen LogP contribution in [0.2, 0.25) is 0 Å². The Morgan fingerprint density at radius 3 is 2.90 bits per heavy atom. The number of carbonyl (C=O) groups excluding carboxylic acids is 1. The molecule has 0 atom stereocenters. The Hall–Kier alpha value is -2.08. The lowest BCUT2D eigenvalue weighted by atomic mass is 9.96. The molecule has 1 aliphatic carbocycles. The van der Waals surface area contributed by atoms with E-state index < -0.39 is 0 Å². The maximum absolute atomic E-state index is 12.4. The van der Waals surface area contributed by atoms with E-state index in [-0.39, 0.29) is 5.78 Å². The molecule has 0 amide bonds. The van der Waals surface area contributed by atoms with Crippen molar-refractivity contribution in [2.24, 2.45) is 5.92 Å². The van der Waals surface area contributed by atoms with Gasteiger partial charge in [-0.1, -0.05) is 31.7 Å². The predicted molar refractivity (Wildman–Crippen MR) is 78.5 cm³/mol. The largest absolute Gasteiger partial charge is 0.360 e. The highest BCUT2D eigenvalue weighted by atomic mass is 16.1. The normalized spacial score (nSPS) is 15.6. The van der Waals surface area contributed by atoms with Crippen LogP contribution in [0, 0.1) is 17.2 Å². The minimum absolute atomic E-state index is 0.158. The monoisotopic (exact) mass is 266 g/mol. The Balaban J connectivity index is 1.82. The predicted octanol–water partition coefficient (Wildman–Crippen LogP) is 4.19. The molecule has 1 N–H and O–H groups in total. The lowest BCUT2D eigenvalue weighted by molar-refractivity contribution is 0.0975. The SMILES string of the molecule is N#Cc1cccc2[nH]cc(C(=O)CCC3CCCC3)c12. The molecular formula is C17H18N2O. The first-order chi connectivity index (χ1) is 9.79. The molecule has 0 unspecified atom stereocenters. The molecule has 3 rings (SSSR count). The number of hydrogen-bond acceptors (Lipinski definition) is 2. The maximum Gasteiger partial charge on any atom is 0.165 e. The van der Waals surface area contributed by atoms with Crippen LogP contribution in [0.15, 0.2) is 24.4 Å². The van der Waals surface area contributed by atoms with Crippen molar-refractivity contribution in [3.8, 4) is 6.07 Å². The average molecular weight is 266 g/mol. The number of Topliss-reactive ketones (excluding diaryl/α,β-unsaturated/α-hetero) is 1. The van der Waals surface area contributed by atoms with Crippen LogP contribution in [-0.2, 0) is 0 Å². The van der Waals surface area contributed by atoms with Gasteiger partial charge in [-0.3, -0.25) is 4.79 Å². The first-order valence-electron chi connectivity index (χ1n) is 7.33. The summed E-state index contributed by atoms with van der Waals surface area (Å²) < 4.78 is 0. The molecule has 1 fully saturated rings. The van der Waals surface area contributed by atoms with Gasteiger partial charge in [0.15, 0.2) is 5.78 Å². The lowest BCUT2D eigenvalue weighted by Crippen LogP contribution is -2.02. The van der Waals surface area contributed by atoms with E-state index in [2.05, 4.69) is 11.1 Å². The second-order valence-corrected chi connectivity index (χ2v) is 5.65. The first kappa shape index (κ1) is 12.9. The third-order valence-corrected chi connectivity index (χ3v) is 4.38. The van der Waals surface area contributed by atoms with Crippen LogP contribution in [0.25, 0.3) is 10.9 Å². The van der Waals surface area contributed by atoms with Crippen molar-refractivity contribution >= 4 is 16.7 Å². The molecule has 2 aromatic rings. The highest BCUT2D eigenvalue weighted by Crippen LogP contribution is 2.30. The van der Waals surface area contributed by atoms with E-state index in [0.717, 1.165) is 23.2 Å². The van der Waals surface area contributed by atoms with E-state index in [1.807, 2.05) is 12.1 Å². The number of H-pyrrole nitrogens is 1. The minimum atomic E-state index is 0.158. The number of rotatable bonds is 4. The fourth-order valence-electron chi connectivity index (χ4n) is 3.27.